The van der Waals surface area contributed by atoms with E-state index in [4.69, 9.17) is 0 Å². The number of aromatic amines is 1. The van der Waals surface area contributed by atoms with Crippen LogP contribution in [0.4, 0.5) is 0 Å². The molecule has 0 saturated heterocycles. The van der Waals surface area contributed by atoms with Gasteiger partial charge in [0.1, 0.15) is 5.03 Å². The van der Waals surface area contributed by atoms with E-state index in [1.807, 2.05) is 25.3 Å². The molecule has 7 heteroatoms. The molecule has 2 aromatic heterocycles. The standard InChI is InChI=1S/C13H19N5OS/c1-4-18-12(19)16-17-13(18)20-11-6-5-10(8-15-11)7-14-9(2)3/h5-6,8-9,14H,4,7H2,1-3H3,(H,16,19). The summed E-state index contributed by atoms with van der Waals surface area (Å²) < 4.78 is 1.58. The van der Waals surface area contributed by atoms with E-state index < -0.39 is 0 Å². The zero-order chi connectivity index (χ0) is 14.5. The van der Waals surface area contributed by atoms with Crippen LogP contribution in [-0.2, 0) is 13.1 Å². The van der Waals surface area contributed by atoms with Crippen LogP contribution in [0.3, 0.4) is 0 Å². The molecule has 0 unspecified atom stereocenters. The highest BCUT2D eigenvalue weighted by Crippen LogP contribution is 2.22. The lowest BCUT2D eigenvalue weighted by Gasteiger charge is -2.08. The van der Waals surface area contributed by atoms with Gasteiger partial charge in [0, 0.05) is 25.3 Å². The third kappa shape index (κ3) is 3.71. The molecule has 0 spiro atoms. The Morgan fingerprint density at radius 2 is 2.25 bits per heavy atom. The molecule has 0 aromatic carbocycles. The van der Waals surface area contributed by atoms with Crippen LogP contribution >= 0.6 is 11.8 Å². The van der Waals surface area contributed by atoms with E-state index in [2.05, 4.69) is 34.3 Å². The maximum Gasteiger partial charge on any atom is 0.343 e. The smallest absolute Gasteiger partial charge is 0.310 e. The van der Waals surface area contributed by atoms with Crippen molar-refractivity contribution in [3.05, 3.63) is 34.4 Å². The Morgan fingerprint density at radius 3 is 2.85 bits per heavy atom. The van der Waals surface area contributed by atoms with Crippen LogP contribution in [0.5, 0.6) is 0 Å². The Labute approximate surface area is 122 Å². The van der Waals surface area contributed by atoms with E-state index >= 15 is 0 Å². The SMILES string of the molecule is CCn1c(Sc2ccc(CNC(C)C)cn2)n[nH]c1=O. The van der Waals surface area contributed by atoms with Crippen molar-refractivity contribution < 1.29 is 0 Å². The lowest BCUT2D eigenvalue weighted by Crippen LogP contribution is -2.21. The molecule has 2 rings (SSSR count). The summed E-state index contributed by atoms with van der Waals surface area (Å²) in [5.74, 6) is 0. The van der Waals surface area contributed by atoms with E-state index in [-0.39, 0.29) is 5.69 Å². The number of hydrogen-bond acceptors (Lipinski definition) is 5. The molecule has 0 amide bonds. The van der Waals surface area contributed by atoms with Crippen molar-refractivity contribution in [1.29, 1.82) is 0 Å². The predicted octanol–water partition coefficient (Wildman–Crippen LogP) is 1.64. The minimum absolute atomic E-state index is 0.187. The van der Waals surface area contributed by atoms with Crippen molar-refractivity contribution in [2.75, 3.05) is 0 Å². The number of nitrogens with one attached hydrogen (secondary N) is 2. The van der Waals surface area contributed by atoms with Crippen LogP contribution in [0, 0.1) is 0 Å². The van der Waals surface area contributed by atoms with Gasteiger partial charge < -0.3 is 5.32 Å². The van der Waals surface area contributed by atoms with E-state index in [1.54, 1.807) is 4.57 Å². The first-order chi connectivity index (χ1) is 9.60. The normalized spacial score (nSPS) is 11.2. The molecule has 20 heavy (non-hydrogen) atoms. The van der Waals surface area contributed by atoms with Gasteiger partial charge in [-0.2, -0.15) is 0 Å². The van der Waals surface area contributed by atoms with Crippen molar-refractivity contribution in [1.82, 2.24) is 25.1 Å². The van der Waals surface area contributed by atoms with Crippen LogP contribution < -0.4 is 11.0 Å². The summed E-state index contributed by atoms with van der Waals surface area (Å²) >= 11 is 1.38. The maximum absolute atomic E-state index is 11.5. The average molecular weight is 293 g/mol. The molecule has 2 N–H and O–H groups in total. The minimum atomic E-state index is -0.187. The monoisotopic (exact) mass is 293 g/mol. The molecule has 0 aliphatic rings. The molecular formula is C13H19N5OS. The molecule has 0 radical (unpaired) electrons. The summed E-state index contributed by atoms with van der Waals surface area (Å²) in [5.41, 5.74) is 0.950. The Balaban J connectivity index is 2.05. The minimum Gasteiger partial charge on any atom is -0.310 e. The zero-order valence-corrected chi connectivity index (χ0v) is 12.7. The highest BCUT2D eigenvalue weighted by Gasteiger charge is 2.09. The van der Waals surface area contributed by atoms with Gasteiger partial charge in [-0.3, -0.25) is 4.57 Å². The third-order valence-electron chi connectivity index (χ3n) is 2.75. The van der Waals surface area contributed by atoms with Gasteiger partial charge in [0.05, 0.1) is 0 Å². The van der Waals surface area contributed by atoms with Crippen molar-refractivity contribution in [2.45, 2.75) is 50.1 Å². The van der Waals surface area contributed by atoms with E-state index in [1.165, 1.54) is 11.8 Å². The van der Waals surface area contributed by atoms with E-state index in [9.17, 15) is 4.79 Å². The summed E-state index contributed by atoms with van der Waals surface area (Å²) in [6.07, 6.45) is 1.85. The first kappa shape index (κ1) is 14.8. The summed E-state index contributed by atoms with van der Waals surface area (Å²) in [7, 11) is 0. The fourth-order valence-corrected chi connectivity index (χ4v) is 2.49. The third-order valence-corrected chi connectivity index (χ3v) is 3.69. The predicted molar refractivity (Wildman–Crippen MR) is 78.9 cm³/mol. The molecule has 0 aliphatic carbocycles. The van der Waals surface area contributed by atoms with Crippen molar-refractivity contribution in [3.63, 3.8) is 0 Å². The van der Waals surface area contributed by atoms with Gasteiger partial charge in [-0.1, -0.05) is 19.9 Å². The molecule has 6 nitrogen and oxygen atoms in total. The van der Waals surface area contributed by atoms with Crippen LogP contribution in [0.1, 0.15) is 26.3 Å². The molecule has 2 aromatic rings. The van der Waals surface area contributed by atoms with Gasteiger partial charge in [-0.25, -0.2) is 14.9 Å². The zero-order valence-electron chi connectivity index (χ0n) is 11.9. The highest BCUT2D eigenvalue weighted by molar-refractivity contribution is 7.99. The summed E-state index contributed by atoms with van der Waals surface area (Å²) in [4.78, 5) is 15.9. The quantitative estimate of drug-likeness (QED) is 0.846. The number of hydrogen-bond donors (Lipinski definition) is 2. The van der Waals surface area contributed by atoms with E-state index in [0.717, 1.165) is 17.1 Å². The number of H-pyrrole nitrogens is 1. The summed E-state index contributed by atoms with van der Waals surface area (Å²) in [6, 6.07) is 4.43. The molecule has 0 aliphatic heterocycles. The molecule has 2 heterocycles. The van der Waals surface area contributed by atoms with Gasteiger partial charge in [-0.05, 0) is 30.3 Å². The molecule has 0 fully saturated rings. The van der Waals surface area contributed by atoms with Crippen molar-refractivity contribution >= 4 is 11.8 Å². The Morgan fingerprint density at radius 1 is 1.45 bits per heavy atom. The summed E-state index contributed by atoms with van der Waals surface area (Å²) in [5, 5.41) is 11.3. The van der Waals surface area contributed by atoms with Crippen LogP contribution in [0.2, 0.25) is 0 Å². The van der Waals surface area contributed by atoms with E-state index in [0.29, 0.717) is 17.7 Å². The van der Waals surface area contributed by atoms with Crippen molar-refractivity contribution in [2.24, 2.45) is 0 Å². The molecular weight excluding hydrogens is 274 g/mol. The topological polar surface area (TPSA) is 75.6 Å². The number of rotatable bonds is 6. The van der Waals surface area contributed by atoms with Gasteiger partial charge in [0.15, 0.2) is 5.16 Å². The Bertz CT molecular complexity index is 602. The van der Waals surface area contributed by atoms with Gasteiger partial charge in [0.2, 0.25) is 0 Å². The lowest BCUT2D eigenvalue weighted by atomic mass is 10.2. The van der Waals surface area contributed by atoms with Gasteiger partial charge in [0.25, 0.3) is 0 Å². The maximum atomic E-state index is 11.5. The number of aromatic nitrogens is 4. The molecule has 0 saturated carbocycles. The molecule has 0 atom stereocenters. The number of nitrogens with zero attached hydrogens (tertiary/aromatic N) is 3. The number of pyridine rings is 1. The average Bonchev–Trinajstić information content (AvgIpc) is 2.78. The first-order valence-electron chi connectivity index (χ1n) is 6.61. The fourth-order valence-electron chi connectivity index (χ4n) is 1.65. The Kier molecular flexibility index (Phi) is 4.97. The largest absolute Gasteiger partial charge is 0.343 e. The fraction of sp³-hybridized carbons (Fsp3) is 0.462. The van der Waals surface area contributed by atoms with Crippen LogP contribution in [0.25, 0.3) is 0 Å². The molecule has 108 valence electrons. The van der Waals surface area contributed by atoms with Crippen LogP contribution in [0.15, 0.2) is 33.3 Å². The van der Waals surface area contributed by atoms with Gasteiger partial charge >= 0.3 is 5.69 Å². The summed E-state index contributed by atoms with van der Waals surface area (Å²) in [6.45, 7) is 7.53. The molecule has 0 bridgehead atoms. The second-order valence-corrected chi connectivity index (χ2v) is 5.69. The second kappa shape index (κ2) is 6.71. The highest BCUT2D eigenvalue weighted by atomic mass is 32.2. The Hall–Kier alpha value is -1.60. The van der Waals surface area contributed by atoms with Crippen LogP contribution in [-0.4, -0.2) is 25.8 Å². The second-order valence-electron chi connectivity index (χ2n) is 4.70. The van der Waals surface area contributed by atoms with Gasteiger partial charge in [-0.15, -0.1) is 5.10 Å². The van der Waals surface area contributed by atoms with Crippen molar-refractivity contribution in [3.8, 4) is 0 Å². The lowest BCUT2D eigenvalue weighted by molar-refractivity contribution is 0.587. The first-order valence-corrected chi connectivity index (χ1v) is 7.43.